The van der Waals surface area contributed by atoms with Gasteiger partial charge in [0.05, 0.1) is 12.8 Å². The second-order valence-electron chi connectivity index (χ2n) is 6.09. The fourth-order valence-corrected chi connectivity index (χ4v) is 2.95. The molecule has 0 atom stereocenters. The van der Waals surface area contributed by atoms with Gasteiger partial charge >= 0.3 is 0 Å². The van der Waals surface area contributed by atoms with Gasteiger partial charge in [0.1, 0.15) is 17.3 Å². The second-order valence-corrected chi connectivity index (χ2v) is 6.09. The van der Waals surface area contributed by atoms with Crippen LogP contribution in [0, 0.1) is 6.92 Å². The second kappa shape index (κ2) is 7.34. The summed E-state index contributed by atoms with van der Waals surface area (Å²) in [5.41, 5.74) is 2.13. The predicted octanol–water partition coefficient (Wildman–Crippen LogP) is 3.64. The molecule has 0 spiro atoms. The third-order valence-electron chi connectivity index (χ3n) is 4.25. The molecule has 0 aliphatic carbocycles. The van der Waals surface area contributed by atoms with Crippen molar-refractivity contribution in [2.24, 2.45) is 0 Å². The highest BCUT2D eigenvalue weighted by molar-refractivity contribution is 6.04. The Bertz CT molecular complexity index is 724. The Hall–Kier alpha value is -2.56. The van der Waals surface area contributed by atoms with E-state index in [0.717, 1.165) is 24.5 Å². The van der Waals surface area contributed by atoms with Crippen LogP contribution in [0.3, 0.4) is 0 Å². The first-order valence-electron chi connectivity index (χ1n) is 8.35. The number of nitrogens with one attached hydrogen (secondary N) is 1. The molecule has 5 nitrogen and oxygen atoms in total. The predicted molar refractivity (Wildman–Crippen MR) is 96.0 cm³/mol. The topological polar surface area (TPSA) is 54.5 Å². The zero-order chi connectivity index (χ0) is 16.9. The SMILES string of the molecule is COc1ccc(C)cc1NC(=O)c1cccc(N2CCCCC2)n1. The average molecular weight is 325 g/mol. The maximum atomic E-state index is 12.6. The van der Waals surface area contributed by atoms with Crippen molar-refractivity contribution in [2.45, 2.75) is 26.2 Å². The third-order valence-corrected chi connectivity index (χ3v) is 4.25. The van der Waals surface area contributed by atoms with Crippen molar-refractivity contribution in [2.75, 3.05) is 30.4 Å². The summed E-state index contributed by atoms with van der Waals surface area (Å²) < 4.78 is 5.31. The standard InChI is InChI=1S/C19H23N3O2/c1-14-9-10-17(24-2)16(13-14)21-19(23)15-7-6-8-18(20-15)22-11-4-3-5-12-22/h6-10,13H,3-5,11-12H2,1-2H3,(H,21,23). The Morgan fingerprint density at radius 2 is 1.96 bits per heavy atom. The van der Waals surface area contributed by atoms with Crippen LogP contribution in [-0.2, 0) is 0 Å². The van der Waals surface area contributed by atoms with Crippen molar-refractivity contribution in [3.63, 3.8) is 0 Å². The van der Waals surface area contributed by atoms with Gasteiger partial charge in [-0.05, 0) is 56.0 Å². The number of ether oxygens (including phenoxy) is 1. The van der Waals surface area contributed by atoms with E-state index >= 15 is 0 Å². The molecule has 1 fully saturated rings. The first-order valence-corrected chi connectivity index (χ1v) is 8.35. The fourth-order valence-electron chi connectivity index (χ4n) is 2.95. The van der Waals surface area contributed by atoms with Crippen LogP contribution in [-0.4, -0.2) is 31.1 Å². The van der Waals surface area contributed by atoms with Crippen molar-refractivity contribution >= 4 is 17.4 Å². The summed E-state index contributed by atoms with van der Waals surface area (Å²) in [7, 11) is 1.59. The largest absolute Gasteiger partial charge is 0.495 e. The van der Waals surface area contributed by atoms with E-state index in [1.54, 1.807) is 13.2 Å². The van der Waals surface area contributed by atoms with Gasteiger partial charge in [0.2, 0.25) is 0 Å². The number of aromatic nitrogens is 1. The number of amides is 1. The summed E-state index contributed by atoms with van der Waals surface area (Å²) in [6, 6.07) is 11.3. The molecule has 0 unspecified atom stereocenters. The van der Waals surface area contributed by atoms with Gasteiger partial charge in [-0.15, -0.1) is 0 Å². The van der Waals surface area contributed by atoms with Crippen LogP contribution < -0.4 is 15.0 Å². The van der Waals surface area contributed by atoms with Gasteiger partial charge in [-0.1, -0.05) is 12.1 Å². The molecular formula is C19H23N3O2. The van der Waals surface area contributed by atoms with Crippen molar-refractivity contribution in [3.05, 3.63) is 47.7 Å². The highest BCUT2D eigenvalue weighted by Gasteiger charge is 2.15. The van der Waals surface area contributed by atoms with Crippen LogP contribution in [0.2, 0.25) is 0 Å². The van der Waals surface area contributed by atoms with E-state index in [4.69, 9.17) is 4.74 Å². The number of benzene rings is 1. The van der Waals surface area contributed by atoms with Gasteiger partial charge < -0.3 is 15.0 Å². The highest BCUT2D eigenvalue weighted by Crippen LogP contribution is 2.26. The monoisotopic (exact) mass is 325 g/mol. The normalized spacial score (nSPS) is 14.3. The number of carbonyl (C=O) groups is 1. The molecule has 1 aromatic carbocycles. The van der Waals surface area contributed by atoms with E-state index in [0.29, 0.717) is 17.1 Å². The molecule has 2 aromatic rings. The summed E-state index contributed by atoms with van der Waals surface area (Å²) >= 11 is 0. The van der Waals surface area contributed by atoms with Crippen LogP contribution in [0.5, 0.6) is 5.75 Å². The molecule has 1 N–H and O–H groups in total. The minimum absolute atomic E-state index is 0.224. The molecule has 24 heavy (non-hydrogen) atoms. The number of nitrogens with zero attached hydrogens (tertiary/aromatic N) is 2. The molecule has 3 rings (SSSR count). The molecule has 1 amide bonds. The first kappa shape index (κ1) is 16.3. The maximum absolute atomic E-state index is 12.6. The van der Waals surface area contributed by atoms with Gasteiger partial charge in [0, 0.05) is 13.1 Å². The molecule has 126 valence electrons. The van der Waals surface area contributed by atoms with Gasteiger partial charge in [-0.3, -0.25) is 4.79 Å². The summed E-state index contributed by atoms with van der Waals surface area (Å²) in [4.78, 5) is 19.4. The van der Waals surface area contributed by atoms with Crippen molar-refractivity contribution in [1.82, 2.24) is 4.98 Å². The minimum atomic E-state index is -0.224. The molecule has 0 saturated carbocycles. The molecule has 2 heterocycles. The lowest BCUT2D eigenvalue weighted by atomic mass is 10.1. The molecule has 1 aromatic heterocycles. The quantitative estimate of drug-likeness (QED) is 0.932. The van der Waals surface area contributed by atoms with Crippen molar-refractivity contribution in [1.29, 1.82) is 0 Å². The Labute approximate surface area is 142 Å². The zero-order valence-corrected chi connectivity index (χ0v) is 14.2. The van der Waals surface area contributed by atoms with E-state index < -0.39 is 0 Å². The number of pyridine rings is 1. The average Bonchev–Trinajstić information content (AvgIpc) is 2.63. The summed E-state index contributed by atoms with van der Waals surface area (Å²) in [6.07, 6.45) is 3.63. The number of carbonyl (C=O) groups excluding carboxylic acids is 1. The van der Waals surface area contributed by atoms with E-state index in [2.05, 4.69) is 15.2 Å². The Kier molecular flexibility index (Phi) is 4.99. The summed E-state index contributed by atoms with van der Waals surface area (Å²) in [6.45, 7) is 3.98. The number of anilines is 2. The molecule has 1 aliphatic rings. The lowest BCUT2D eigenvalue weighted by Crippen LogP contribution is -2.30. The Balaban J connectivity index is 1.79. The molecular weight excluding hydrogens is 302 g/mol. The summed E-state index contributed by atoms with van der Waals surface area (Å²) in [5, 5.41) is 2.90. The lowest BCUT2D eigenvalue weighted by Gasteiger charge is -2.27. The highest BCUT2D eigenvalue weighted by atomic mass is 16.5. The number of hydrogen-bond donors (Lipinski definition) is 1. The Morgan fingerprint density at radius 1 is 1.17 bits per heavy atom. The van der Waals surface area contributed by atoms with Gasteiger partial charge in [-0.2, -0.15) is 0 Å². The van der Waals surface area contributed by atoms with Gasteiger partial charge in [0.25, 0.3) is 5.91 Å². The minimum Gasteiger partial charge on any atom is -0.495 e. The Morgan fingerprint density at radius 3 is 2.71 bits per heavy atom. The number of rotatable bonds is 4. The van der Waals surface area contributed by atoms with Crippen LogP contribution in [0.25, 0.3) is 0 Å². The van der Waals surface area contributed by atoms with E-state index in [-0.39, 0.29) is 5.91 Å². The van der Waals surface area contributed by atoms with Crippen molar-refractivity contribution in [3.8, 4) is 5.75 Å². The van der Waals surface area contributed by atoms with Crippen LogP contribution in [0.4, 0.5) is 11.5 Å². The fraction of sp³-hybridized carbons (Fsp3) is 0.368. The number of piperidine rings is 1. The summed E-state index contributed by atoms with van der Waals surface area (Å²) in [5.74, 6) is 1.29. The van der Waals surface area contributed by atoms with E-state index in [1.807, 2.05) is 37.3 Å². The van der Waals surface area contributed by atoms with Gasteiger partial charge in [0.15, 0.2) is 0 Å². The van der Waals surface area contributed by atoms with E-state index in [9.17, 15) is 4.79 Å². The number of hydrogen-bond acceptors (Lipinski definition) is 4. The molecule has 1 saturated heterocycles. The van der Waals surface area contributed by atoms with Crippen molar-refractivity contribution < 1.29 is 9.53 Å². The van der Waals surface area contributed by atoms with E-state index in [1.165, 1.54) is 19.3 Å². The van der Waals surface area contributed by atoms with Crippen LogP contribution in [0.1, 0.15) is 35.3 Å². The van der Waals surface area contributed by atoms with Gasteiger partial charge in [-0.25, -0.2) is 4.98 Å². The molecule has 1 aliphatic heterocycles. The first-order chi connectivity index (χ1) is 11.7. The lowest BCUT2D eigenvalue weighted by molar-refractivity contribution is 0.102. The number of methoxy groups -OCH3 is 1. The smallest absolute Gasteiger partial charge is 0.274 e. The van der Waals surface area contributed by atoms with Crippen LogP contribution >= 0.6 is 0 Å². The molecule has 0 radical (unpaired) electrons. The molecule has 5 heteroatoms. The maximum Gasteiger partial charge on any atom is 0.274 e. The van der Waals surface area contributed by atoms with Crippen LogP contribution in [0.15, 0.2) is 36.4 Å². The third kappa shape index (κ3) is 3.67. The zero-order valence-electron chi connectivity index (χ0n) is 14.2. The number of aryl methyl sites for hydroxylation is 1. The molecule has 0 bridgehead atoms.